The van der Waals surface area contributed by atoms with Gasteiger partial charge in [-0.1, -0.05) is 30.3 Å². The van der Waals surface area contributed by atoms with Crippen molar-refractivity contribution in [3.8, 4) is 5.75 Å². The predicted octanol–water partition coefficient (Wildman–Crippen LogP) is 4.05. The van der Waals surface area contributed by atoms with Crippen LogP contribution in [0.5, 0.6) is 5.75 Å². The van der Waals surface area contributed by atoms with Gasteiger partial charge in [-0.2, -0.15) is 0 Å². The SMILES string of the molecule is COc1ccc2ccccc2c1[C@H](C1CC1)N1CCNCC1.Cl.Cl. The molecular formula is C19H26Cl2N2O. The second kappa shape index (κ2) is 8.39. The Morgan fingerprint density at radius 3 is 2.42 bits per heavy atom. The van der Waals surface area contributed by atoms with Gasteiger partial charge in [0.25, 0.3) is 0 Å². The molecule has 0 spiro atoms. The van der Waals surface area contributed by atoms with E-state index in [1.165, 1.54) is 29.2 Å². The Hall–Kier alpha value is -1.00. The number of hydrogen-bond acceptors (Lipinski definition) is 3. The van der Waals surface area contributed by atoms with E-state index in [-0.39, 0.29) is 24.8 Å². The molecule has 132 valence electrons. The molecule has 24 heavy (non-hydrogen) atoms. The van der Waals surface area contributed by atoms with Crippen LogP contribution in [0.4, 0.5) is 0 Å². The van der Waals surface area contributed by atoms with Crippen molar-refractivity contribution in [2.45, 2.75) is 18.9 Å². The molecule has 0 amide bonds. The lowest BCUT2D eigenvalue weighted by atomic mass is 9.93. The molecule has 0 radical (unpaired) electrons. The van der Waals surface area contributed by atoms with Crippen molar-refractivity contribution in [1.82, 2.24) is 10.2 Å². The number of ether oxygens (including phenoxy) is 1. The standard InChI is InChI=1S/C19H24N2O.2ClH/c1-22-17-9-8-14-4-2-3-5-16(14)18(17)19(15-6-7-15)21-12-10-20-11-13-21;;/h2-5,8-9,15,19-20H,6-7,10-13H2,1H3;2*1H/t19-;;/m0../s1. The fraction of sp³-hybridized carbons (Fsp3) is 0.474. The summed E-state index contributed by atoms with van der Waals surface area (Å²) in [5.74, 6) is 1.84. The zero-order valence-electron chi connectivity index (χ0n) is 14.0. The summed E-state index contributed by atoms with van der Waals surface area (Å²) in [4.78, 5) is 2.67. The second-order valence-electron chi connectivity index (χ2n) is 6.47. The largest absolute Gasteiger partial charge is 0.496 e. The maximum absolute atomic E-state index is 5.76. The van der Waals surface area contributed by atoms with Crippen molar-refractivity contribution in [1.29, 1.82) is 0 Å². The monoisotopic (exact) mass is 368 g/mol. The zero-order chi connectivity index (χ0) is 14.9. The van der Waals surface area contributed by atoms with Crippen LogP contribution >= 0.6 is 24.8 Å². The van der Waals surface area contributed by atoms with Gasteiger partial charge in [0, 0.05) is 37.8 Å². The third-order valence-electron chi connectivity index (χ3n) is 5.06. The number of rotatable bonds is 4. The first-order valence-corrected chi connectivity index (χ1v) is 8.39. The highest BCUT2D eigenvalue weighted by Gasteiger charge is 2.39. The van der Waals surface area contributed by atoms with Crippen molar-refractivity contribution >= 4 is 35.6 Å². The van der Waals surface area contributed by atoms with Crippen LogP contribution in [-0.4, -0.2) is 38.2 Å². The maximum Gasteiger partial charge on any atom is 0.124 e. The van der Waals surface area contributed by atoms with Crippen molar-refractivity contribution in [3.63, 3.8) is 0 Å². The molecule has 3 nitrogen and oxygen atoms in total. The highest BCUT2D eigenvalue weighted by atomic mass is 35.5. The molecule has 1 aliphatic heterocycles. The lowest BCUT2D eigenvalue weighted by molar-refractivity contribution is 0.154. The van der Waals surface area contributed by atoms with E-state index in [0.29, 0.717) is 6.04 Å². The molecule has 2 aromatic carbocycles. The molecule has 0 unspecified atom stereocenters. The van der Waals surface area contributed by atoms with Gasteiger partial charge in [-0.15, -0.1) is 24.8 Å². The third kappa shape index (κ3) is 3.65. The molecule has 5 heteroatoms. The zero-order valence-corrected chi connectivity index (χ0v) is 15.7. The Morgan fingerprint density at radius 1 is 1.04 bits per heavy atom. The van der Waals surface area contributed by atoms with Gasteiger partial charge < -0.3 is 10.1 Å². The van der Waals surface area contributed by atoms with Gasteiger partial charge in [0.2, 0.25) is 0 Å². The van der Waals surface area contributed by atoms with E-state index in [1.807, 2.05) is 0 Å². The van der Waals surface area contributed by atoms with Gasteiger partial charge in [0.15, 0.2) is 0 Å². The van der Waals surface area contributed by atoms with Crippen molar-refractivity contribution in [3.05, 3.63) is 42.0 Å². The lowest BCUT2D eigenvalue weighted by Gasteiger charge is -2.36. The normalized spacial score (nSPS) is 19.2. The molecule has 2 aliphatic rings. The minimum absolute atomic E-state index is 0. The first-order chi connectivity index (χ1) is 10.9. The summed E-state index contributed by atoms with van der Waals surface area (Å²) in [5, 5.41) is 6.15. The number of halogens is 2. The van der Waals surface area contributed by atoms with Crippen LogP contribution in [0, 0.1) is 5.92 Å². The van der Waals surface area contributed by atoms with Crippen molar-refractivity contribution in [2.75, 3.05) is 33.3 Å². The number of benzene rings is 2. The molecular weight excluding hydrogens is 343 g/mol. The summed E-state index contributed by atoms with van der Waals surface area (Å²) in [7, 11) is 1.80. The van der Waals surface area contributed by atoms with Gasteiger partial charge in [-0.05, 0) is 35.6 Å². The molecule has 1 saturated heterocycles. The summed E-state index contributed by atoms with van der Waals surface area (Å²) in [6.07, 6.45) is 2.70. The Bertz CT molecular complexity index is 669. The second-order valence-corrected chi connectivity index (χ2v) is 6.47. The highest BCUT2D eigenvalue weighted by Crippen LogP contribution is 2.49. The van der Waals surface area contributed by atoms with Gasteiger partial charge in [0.1, 0.15) is 5.75 Å². The van der Waals surface area contributed by atoms with E-state index < -0.39 is 0 Å². The smallest absolute Gasteiger partial charge is 0.124 e. The Balaban J connectivity index is 0.00000104. The molecule has 0 aromatic heterocycles. The van der Waals surface area contributed by atoms with E-state index in [9.17, 15) is 0 Å². The molecule has 4 rings (SSSR count). The fourth-order valence-corrected chi connectivity index (χ4v) is 3.85. The van der Waals surface area contributed by atoms with E-state index >= 15 is 0 Å². The Morgan fingerprint density at radius 2 is 1.75 bits per heavy atom. The average molecular weight is 369 g/mol. The van der Waals surface area contributed by atoms with Crippen LogP contribution in [0.3, 0.4) is 0 Å². The average Bonchev–Trinajstić information content (AvgIpc) is 3.41. The minimum atomic E-state index is 0. The predicted molar refractivity (Wildman–Crippen MR) is 105 cm³/mol. The van der Waals surface area contributed by atoms with Crippen molar-refractivity contribution < 1.29 is 4.74 Å². The van der Waals surface area contributed by atoms with E-state index in [0.717, 1.165) is 37.8 Å². The summed E-state index contributed by atoms with van der Waals surface area (Å²) in [6.45, 7) is 4.45. The molecule has 1 heterocycles. The number of piperazine rings is 1. The fourth-order valence-electron chi connectivity index (χ4n) is 3.85. The molecule has 1 aliphatic carbocycles. The summed E-state index contributed by atoms with van der Waals surface area (Å²) in [6, 6.07) is 13.6. The van der Waals surface area contributed by atoms with Gasteiger partial charge >= 0.3 is 0 Å². The van der Waals surface area contributed by atoms with Gasteiger partial charge in [0.05, 0.1) is 7.11 Å². The summed E-state index contributed by atoms with van der Waals surface area (Å²) in [5.41, 5.74) is 1.41. The van der Waals surface area contributed by atoms with Crippen LogP contribution in [0.25, 0.3) is 10.8 Å². The highest BCUT2D eigenvalue weighted by molar-refractivity contribution is 5.88. The van der Waals surface area contributed by atoms with Crippen LogP contribution in [0.15, 0.2) is 36.4 Å². The summed E-state index contributed by atoms with van der Waals surface area (Å²) < 4.78 is 5.76. The summed E-state index contributed by atoms with van der Waals surface area (Å²) >= 11 is 0. The Kier molecular flexibility index (Phi) is 6.76. The van der Waals surface area contributed by atoms with Crippen LogP contribution in [0.1, 0.15) is 24.4 Å². The number of nitrogens with one attached hydrogen (secondary N) is 1. The molecule has 2 fully saturated rings. The van der Waals surface area contributed by atoms with Crippen LogP contribution in [-0.2, 0) is 0 Å². The van der Waals surface area contributed by atoms with E-state index in [4.69, 9.17) is 4.74 Å². The first-order valence-electron chi connectivity index (χ1n) is 8.39. The van der Waals surface area contributed by atoms with Crippen LogP contribution < -0.4 is 10.1 Å². The Labute approximate surface area is 156 Å². The number of methoxy groups -OCH3 is 1. The van der Waals surface area contributed by atoms with Gasteiger partial charge in [-0.3, -0.25) is 4.90 Å². The minimum Gasteiger partial charge on any atom is -0.496 e. The molecule has 1 saturated carbocycles. The van der Waals surface area contributed by atoms with Crippen molar-refractivity contribution in [2.24, 2.45) is 5.92 Å². The maximum atomic E-state index is 5.76. The van der Waals surface area contributed by atoms with Gasteiger partial charge in [-0.25, -0.2) is 0 Å². The third-order valence-corrected chi connectivity index (χ3v) is 5.06. The van der Waals surface area contributed by atoms with Crippen LogP contribution in [0.2, 0.25) is 0 Å². The molecule has 1 N–H and O–H groups in total. The number of hydrogen-bond donors (Lipinski definition) is 1. The van der Waals surface area contributed by atoms with E-state index in [2.05, 4.69) is 46.6 Å². The molecule has 1 atom stereocenters. The number of nitrogens with zero attached hydrogens (tertiary/aromatic N) is 1. The first kappa shape index (κ1) is 19.3. The molecule has 0 bridgehead atoms. The topological polar surface area (TPSA) is 24.5 Å². The molecule has 2 aromatic rings. The van der Waals surface area contributed by atoms with E-state index in [1.54, 1.807) is 7.11 Å². The number of fused-ring (bicyclic) bond motifs is 1. The lowest BCUT2D eigenvalue weighted by Crippen LogP contribution is -2.45. The quantitative estimate of drug-likeness (QED) is 0.880.